The van der Waals surface area contributed by atoms with Gasteiger partial charge in [0.1, 0.15) is 0 Å². The number of hydrogen-bond acceptors (Lipinski definition) is 5. The molecule has 1 amide bonds. The highest BCUT2D eigenvalue weighted by Crippen LogP contribution is 2.25. The number of carbonyl (C=O) groups excluding carboxylic acids is 1. The molecular formula is C20H21N5O2. The average Bonchev–Trinajstić information content (AvgIpc) is 3.14. The summed E-state index contributed by atoms with van der Waals surface area (Å²) in [6.07, 6.45) is 2.99. The zero-order valence-electron chi connectivity index (χ0n) is 14.8. The molecule has 1 atom stereocenters. The van der Waals surface area contributed by atoms with Crippen LogP contribution in [0.2, 0.25) is 0 Å². The number of rotatable bonds is 5. The van der Waals surface area contributed by atoms with Crippen molar-refractivity contribution in [3.8, 4) is 22.8 Å². The number of amides is 1. The highest BCUT2D eigenvalue weighted by molar-refractivity contribution is 5.97. The minimum Gasteiger partial charge on any atom is -0.396 e. The zero-order chi connectivity index (χ0) is 18.8. The second-order valence-corrected chi connectivity index (χ2v) is 6.59. The van der Waals surface area contributed by atoms with E-state index in [-0.39, 0.29) is 18.6 Å². The molecule has 3 aromatic rings. The highest BCUT2D eigenvalue weighted by Gasteiger charge is 2.20. The molecule has 1 aliphatic rings. The summed E-state index contributed by atoms with van der Waals surface area (Å²) in [7, 11) is 0. The summed E-state index contributed by atoms with van der Waals surface area (Å²) >= 11 is 0. The van der Waals surface area contributed by atoms with E-state index in [4.69, 9.17) is 10.8 Å². The first kappa shape index (κ1) is 17.4. The number of aliphatic hydroxyl groups is 1. The Kier molecular flexibility index (Phi) is 4.70. The fourth-order valence-corrected chi connectivity index (χ4v) is 3.29. The average molecular weight is 363 g/mol. The zero-order valence-corrected chi connectivity index (χ0v) is 14.8. The van der Waals surface area contributed by atoms with E-state index in [9.17, 15) is 4.79 Å². The van der Waals surface area contributed by atoms with Crippen molar-refractivity contribution in [1.82, 2.24) is 20.3 Å². The molecule has 1 unspecified atom stereocenters. The molecule has 0 saturated carbocycles. The van der Waals surface area contributed by atoms with Gasteiger partial charge in [0.05, 0.1) is 17.0 Å². The number of benzene rings is 1. The van der Waals surface area contributed by atoms with Crippen LogP contribution in [0.5, 0.6) is 0 Å². The lowest BCUT2D eigenvalue weighted by atomic mass is 10.0. The minimum absolute atomic E-state index is 0.0441. The van der Waals surface area contributed by atoms with Crippen LogP contribution >= 0.6 is 0 Å². The molecule has 0 bridgehead atoms. The van der Waals surface area contributed by atoms with Crippen LogP contribution in [0.25, 0.3) is 22.8 Å². The van der Waals surface area contributed by atoms with Gasteiger partial charge in [-0.05, 0) is 30.2 Å². The molecule has 138 valence electrons. The van der Waals surface area contributed by atoms with Crippen molar-refractivity contribution in [2.45, 2.75) is 18.9 Å². The van der Waals surface area contributed by atoms with Crippen LogP contribution in [0.4, 0.5) is 0 Å². The number of carbonyl (C=O) groups is 1. The Morgan fingerprint density at radius 3 is 2.96 bits per heavy atom. The molecule has 0 spiro atoms. The van der Waals surface area contributed by atoms with Crippen molar-refractivity contribution < 1.29 is 9.90 Å². The van der Waals surface area contributed by atoms with Gasteiger partial charge >= 0.3 is 0 Å². The summed E-state index contributed by atoms with van der Waals surface area (Å²) in [5, 5.41) is 11.9. The molecule has 0 saturated heterocycles. The third-order valence-electron chi connectivity index (χ3n) is 4.75. The van der Waals surface area contributed by atoms with Crippen molar-refractivity contribution in [3.05, 3.63) is 59.4 Å². The number of nitrogens with two attached hydrogens (primary N) is 1. The van der Waals surface area contributed by atoms with Gasteiger partial charge in [-0.1, -0.05) is 18.2 Å². The summed E-state index contributed by atoms with van der Waals surface area (Å²) in [5.41, 5.74) is 11.0. The summed E-state index contributed by atoms with van der Waals surface area (Å²) in [4.78, 5) is 24.3. The SMILES string of the molecule is NC(CCO)c1cccc(-c2nccc(-c3cc4c([nH]3)CCNC4=O)n2)c1. The Bertz CT molecular complexity index is 982. The van der Waals surface area contributed by atoms with Crippen LogP contribution in [-0.2, 0) is 6.42 Å². The van der Waals surface area contributed by atoms with E-state index in [2.05, 4.69) is 20.3 Å². The van der Waals surface area contributed by atoms with E-state index in [1.165, 1.54) is 0 Å². The third kappa shape index (κ3) is 3.47. The van der Waals surface area contributed by atoms with Crippen molar-refractivity contribution in [2.75, 3.05) is 13.2 Å². The van der Waals surface area contributed by atoms with Gasteiger partial charge in [0, 0.05) is 43.1 Å². The van der Waals surface area contributed by atoms with Crippen LogP contribution < -0.4 is 11.1 Å². The summed E-state index contributed by atoms with van der Waals surface area (Å²) < 4.78 is 0. The minimum atomic E-state index is -0.230. The first-order valence-corrected chi connectivity index (χ1v) is 8.96. The number of aromatic amines is 1. The Labute approximate surface area is 156 Å². The van der Waals surface area contributed by atoms with E-state index in [1.54, 1.807) is 6.20 Å². The van der Waals surface area contributed by atoms with Gasteiger partial charge in [-0.2, -0.15) is 0 Å². The van der Waals surface area contributed by atoms with E-state index in [0.29, 0.717) is 24.4 Å². The standard InChI is InChI=1S/C20H21N5O2/c21-15(6-9-26)12-2-1-3-13(10-12)19-22-7-5-17(25-19)18-11-14-16(24-18)4-8-23-20(14)27/h1-3,5,7,10-11,15,24,26H,4,6,8-9,21H2,(H,23,27). The molecule has 1 aromatic carbocycles. The molecule has 2 aromatic heterocycles. The molecule has 1 aliphatic heterocycles. The molecule has 0 aliphatic carbocycles. The smallest absolute Gasteiger partial charge is 0.253 e. The maximum atomic E-state index is 12.0. The molecular weight excluding hydrogens is 342 g/mol. The fourth-order valence-electron chi connectivity index (χ4n) is 3.29. The van der Waals surface area contributed by atoms with Crippen LogP contribution in [0.3, 0.4) is 0 Å². The van der Waals surface area contributed by atoms with Gasteiger partial charge in [-0.25, -0.2) is 9.97 Å². The highest BCUT2D eigenvalue weighted by atomic mass is 16.3. The lowest BCUT2D eigenvalue weighted by Crippen LogP contribution is -2.31. The first-order chi connectivity index (χ1) is 13.2. The second kappa shape index (κ2) is 7.30. The number of hydrogen-bond donors (Lipinski definition) is 4. The van der Waals surface area contributed by atoms with E-state index < -0.39 is 0 Å². The third-order valence-corrected chi connectivity index (χ3v) is 4.75. The Balaban J connectivity index is 1.68. The Morgan fingerprint density at radius 2 is 2.15 bits per heavy atom. The molecule has 0 fully saturated rings. The second-order valence-electron chi connectivity index (χ2n) is 6.59. The van der Waals surface area contributed by atoms with Crippen LogP contribution in [0, 0.1) is 0 Å². The van der Waals surface area contributed by atoms with Crippen molar-refractivity contribution in [2.24, 2.45) is 5.73 Å². The quantitative estimate of drug-likeness (QED) is 0.551. The number of nitrogens with one attached hydrogen (secondary N) is 2. The monoisotopic (exact) mass is 363 g/mol. The maximum Gasteiger partial charge on any atom is 0.253 e. The molecule has 7 nitrogen and oxygen atoms in total. The van der Waals surface area contributed by atoms with Crippen LogP contribution in [0.15, 0.2) is 42.6 Å². The molecule has 27 heavy (non-hydrogen) atoms. The molecule has 0 radical (unpaired) electrons. The number of aromatic nitrogens is 3. The largest absolute Gasteiger partial charge is 0.396 e. The fraction of sp³-hybridized carbons (Fsp3) is 0.250. The maximum absolute atomic E-state index is 12.0. The predicted octanol–water partition coefficient (Wildman–Crippen LogP) is 1.81. The lowest BCUT2D eigenvalue weighted by molar-refractivity contribution is 0.0946. The summed E-state index contributed by atoms with van der Waals surface area (Å²) in [6, 6.07) is 11.2. The topological polar surface area (TPSA) is 117 Å². The Hall–Kier alpha value is -3.03. The van der Waals surface area contributed by atoms with E-state index >= 15 is 0 Å². The van der Waals surface area contributed by atoms with E-state index in [0.717, 1.165) is 34.6 Å². The number of nitrogens with zero attached hydrogens (tertiary/aromatic N) is 2. The van der Waals surface area contributed by atoms with Crippen LogP contribution in [-0.4, -0.2) is 39.1 Å². The Morgan fingerprint density at radius 1 is 1.26 bits per heavy atom. The van der Waals surface area contributed by atoms with Crippen molar-refractivity contribution >= 4 is 5.91 Å². The number of H-pyrrole nitrogens is 1. The normalized spacial score (nSPS) is 14.5. The van der Waals surface area contributed by atoms with Gasteiger partial charge in [0.2, 0.25) is 0 Å². The lowest BCUT2D eigenvalue weighted by Gasteiger charge is -2.11. The molecule has 5 N–H and O–H groups in total. The number of fused-ring (bicyclic) bond motifs is 1. The van der Waals surface area contributed by atoms with Gasteiger partial charge in [0.15, 0.2) is 5.82 Å². The van der Waals surface area contributed by atoms with Gasteiger partial charge in [0.25, 0.3) is 5.91 Å². The van der Waals surface area contributed by atoms with Gasteiger partial charge in [-0.15, -0.1) is 0 Å². The van der Waals surface area contributed by atoms with Crippen LogP contribution in [0.1, 0.15) is 34.1 Å². The first-order valence-electron chi connectivity index (χ1n) is 8.96. The summed E-state index contributed by atoms with van der Waals surface area (Å²) in [6.45, 7) is 0.685. The van der Waals surface area contributed by atoms with Crippen molar-refractivity contribution in [1.29, 1.82) is 0 Å². The van der Waals surface area contributed by atoms with Gasteiger partial charge in [-0.3, -0.25) is 4.79 Å². The predicted molar refractivity (Wildman–Crippen MR) is 102 cm³/mol. The molecule has 4 rings (SSSR count). The van der Waals surface area contributed by atoms with Crippen molar-refractivity contribution in [3.63, 3.8) is 0 Å². The van der Waals surface area contributed by atoms with Gasteiger partial charge < -0.3 is 21.1 Å². The number of aliphatic hydroxyl groups excluding tert-OH is 1. The van der Waals surface area contributed by atoms with E-state index in [1.807, 2.05) is 36.4 Å². The molecule has 7 heteroatoms. The molecule has 3 heterocycles. The summed E-state index contributed by atoms with van der Waals surface area (Å²) in [5.74, 6) is 0.529.